The van der Waals surface area contributed by atoms with E-state index in [-0.39, 0.29) is 6.29 Å². The molecule has 86 valence electrons. The number of rotatable bonds is 4. The molecule has 1 aliphatic heterocycles. The zero-order valence-corrected chi connectivity index (χ0v) is 9.54. The summed E-state index contributed by atoms with van der Waals surface area (Å²) in [5, 5.41) is 0. The van der Waals surface area contributed by atoms with E-state index in [9.17, 15) is 0 Å². The first-order chi connectivity index (χ1) is 7.36. The Balaban J connectivity index is 1.66. The highest BCUT2D eigenvalue weighted by atomic mass is 16.7. The molecular weight excluding hydrogens is 188 g/mol. The topological polar surface area (TPSA) is 18.5 Å². The lowest BCUT2D eigenvalue weighted by Crippen LogP contribution is -2.12. The van der Waals surface area contributed by atoms with E-state index >= 15 is 0 Å². The molecule has 2 nitrogen and oxygen atoms in total. The highest BCUT2D eigenvalue weighted by Crippen LogP contribution is 2.31. The van der Waals surface area contributed by atoms with Crippen LogP contribution >= 0.6 is 0 Å². The van der Waals surface area contributed by atoms with E-state index < -0.39 is 0 Å². The van der Waals surface area contributed by atoms with Crippen LogP contribution in [0.15, 0.2) is 12.2 Å². The summed E-state index contributed by atoms with van der Waals surface area (Å²) >= 11 is 0. The smallest absolute Gasteiger partial charge is 0.158 e. The first-order valence-electron chi connectivity index (χ1n) is 6.27. The van der Waals surface area contributed by atoms with Gasteiger partial charge in [-0.25, -0.2) is 0 Å². The van der Waals surface area contributed by atoms with Crippen LogP contribution in [-0.2, 0) is 9.47 Å². The van der Waals surface area contributed by atoms with Gasteiger partial charge in [-0.05, 0) is 25.2 Å². The Bertz CT molecular complexity index is 201. The Morgan fingerprint density at radius 1 is 1.07 bits per heavy atom. The maximum Gasteiger partial charge on any atom is 0.158 e. The SMILES string of the molecule is C=C(CCC1OCCO1)C1CCCCC1. The first-order valence-corrected chi connectivity index (χ1v) is 6.27. The average Bonchev–Trinajstić information content (AvgIpc) is 2.80. The van der Waals surface area contributed by atoms with Crippen molar-refractivity contribution in [1.82, 2.24) is 0 Å². The van der Waals surface area contributed by atoms with Gasteiger partial charge in [0.2, 0.25) is 0 Å². The maximum absolute atomic E-state index is 5.43. The number of hydrogen-bond acceptors (Lipinski definition) is 2. The molecule has 2 aliphatic rings. The van der Waals surface area contributed by atoms with Crippen LogP contribution < -0.4 is 0 Å². The van der Waals surface area contributed by atoms with Gasteiger partial charge in [-0.3, -0.25) is 0 Å². The van der Waals surface area contributed by atoms with E-state index in [4.69, 9.17) is 9.47 Å². The zero-order valence-electron chi connectivity index (χ0n) is 9.54. The van der Waals surface area contributed by atoms with Gasteiger partial charge in [0.1, 0.15) is 0 Å². The maximum atomic E-state index is 5.43. The minimum atomic E-state index is 0.0466. The van der Waals surface area contributed by atoms with E-state index in [0.717, 1.165) is 32.0 Å². The summed E-state index contributed by atoms with van der Waals surface area (Å²) in [4.78, 5) is 0. The standard InChI is InChI=1S/C13H22O2/c1-11(12-5-3-2-4-6-12)7-8-13-14-9-10-15-13/h12-13H,1-10H2. The molecule has 0 atom stereocenters. The van der Waals surface area contributed by atoms with Crippen molar-refractivity contribution in [3.8, 4) is 0 Å². The molecule has 1 saturated carbocycles. The number of allylic oxidation sites excluding steroid dienone is 1. The Labute approximate surface area is 92.6 Å². The second-order valence-electron chi connectivity index (χ2n) is 4.70. The number of hydrogen-bond donors (Lipinski definition) is 0. The van der Waals surface area contributed by atoms with Crippen molar-refractivity contribution in [3.63, 3.8) is 0 Å². The Kier molecular flexibility index (Phi) is 4.21. The molecule has 0 aromatic carbocycles. The molecular formula is C13H22O2. The van der Waals surface area contributed by atoms with Crippen molar-refractivity contribution < 1.29 is 9.47 Å². The van der Waals surface area contributed by atoms with E-state index in [1.807, 2.05) is 0 Å². The van der Waals surface area contributed by atoms with Crippen LogP contribution in [0.2, 0.25) is 0 Å². The molecule has 0 spiro atoms. The van der Waals surface area contributed by atoms with Crippen molar-refractivity contribution >= 4 is 0 Å². The minimum absolute atomic E-state index is 0.0466. The predicted octanol–water partition coefficient (Wildman–Crippen LogP) is 3.28. The monoisotopic (exact) mass is 210 g/mol. The van der Waals surface area contributed by atoms with Gasteiger partial charge in [0.25, 0.3) is 0 Å². The summed E-state index contributed by atoms with van der Waals surface area (Å²) in [7, 11) is 0. The lowest BCUT2D eigenvalue weighted by Gasteiger charge is -2.24. The van der Waals surface area contributed by atoms with Crippen LogP contribution in [0, 0.1) is 5.92 Å². The Morgan fingerprint density at radius 2 is 1.73 bits per heavy atom. The summed E-state index contributed by atoms with van der Waals surface area (Å²) in [5.41, 5.74) is 1.42. The summed E-state index contributed by atoms with van der Waals surface area (Å²) in [6.07, 6.45) is 9.02. The van der Waals surface area contributed by atoms with Gasteiger partial charge in [-0.2, -0.15) is 0 Å². The van der Waals surface area contributed by atoms with Gasteiger partial charge in [-0.15, -0.1) is 0 Å². The largest absolute Gasteiger partial charge is 0.350 e. The van der Waals surface area contributed by atoms with Crippen LogP contribution in [0.4, 0.5) is 0 Å². The Hall–Kier alpha value is -0.340. The van der Waals surface area contributed by atoms with Crippen molar-refractivity contribution in [1.29, 1.82) is 0 Å². The predicted molar refractivity (Wildman–Crippen MR) is 60.6 cm³/mol. The lowest BCUT2D eigenvalue weighted by molar-refractivity contribution is -0.0465. The van der Waals surface area contributed by atoms with E-state index in [1.54, 1.807) is 0 Å². The molecule has 2 heteroatoms. The summed E-state index contributed by atoms with van der Waals surface area (Å²) in [6.45, 7) is 5.76. The fourth-order valence-electron chi connectivity index (χ4n) is 2.59. The molecule has 15 heavy (non-hydrogen) atoms. The normalized spacial score (nSPS) is 24.5. The van der Waals surface area contributed by atoms with Crippen molar-refractivity contribution in [2.45, 2.75) is 51.2 Å². The second kappa shape index (κ2) is 5.66. The minimum Gasteiger partial charge on any atom is -0.350 e. The third-order valence-electron chi connectivity index (χ3n) is 3.57. The van der Waals surface area contributed by atoms with Crippen LogP contribution in [0.25, 0.3) is 0 Å². The van der Waals surface area contributed by atoms with Crippen molar-refractivity contribution in [3.05, 3.63) is 12.2 Å². The molecule has 1 aliphatic carbocycles. The summed E-state index contributed by atoms with van der Waals surface area (Å²) in [6, 6.07) is 0. The molecule has 0 aromatic rings. The van der Waals surface area contributed by atoms with Crippen molar-refractivity contribution in [2.24, 2.45) is 5.92 Å². The molecule has 2 fully saturated rings. The van der Waals surface area contributed by atoms with E-state index in [0.29, 0.717) is 0 Å². The third kappa shape index (κ3) is 3.32. The van der Waals surface area contributed by atoms with Gasteiger partial charge < -0.3 is 9.47 Å². The molecule has 0 unspecified atom stereocenters. The number of ether oxygens (including phenoxy) is 2. The average molecular weight is 210 g/mol. The van der Waals surface area contributed by atoms with Crippen LogP contribution in [0.5, 0.6) is 0 Å². The first kappa shape index (κ1) is 11.2. The fraction of sp³-hybridized carbons (Fsp3) is 0.846. The molecule has 2 rings (SSSR count). The molecule has 0 amide bonds. The quantitative estimate of drug-likeness (QED) is 0.663. The van der Waals surface area contributed by atoms with Gasteiger partial charge >= 0.3 is 0 Å². The van der Waals surface area contributed by atoms with E-state index in [2.05, 4.69) is 6.58 Å². The molecule has 1 saturated heterocycles. The highest BCUT2D eigenvalue weighted by molar-refractivity contribution is 5.01. The van der Waals surface area contributed by atoms with Crippen LogP contribution in [0.1, 0.15) is 44.9 Å². The highest BCUT2D eigenvalue weighted by Gasteiger charge is 2.19. The summed E-state index contributed by atoms with van der Waals surface area (Å²) in [5.74, 6) is 0.778. The van der Waals surface area contributed by atoms with Gasteiger partial charge in [0.05, 0.1) is 13.2 Å². The fourth-order valence-corrected chi connectivity index (χ4v) is 2.59. The van der Waals surface area contributed by atoms with E-state index in [1.165, 1.54) is 37.7 Å². The molecule has 0 N–H and O–H groups in total. The molecule has 0 aromatic heterocycles. The van der Waals surface area contributed by atoms with Crippen LogP contribution in [0.3, 0.4) is 0 Å². The second-order valence-corrected chi connectivity index (χ2v) is 4.70. The van der Waals surface area contributed by atoms with Gasteiger partial charge in [-0.1, -0.05) is 31.4 Å². The van der Waals surface area contributed by atoms with Crippen molar-refractivity contribution in [2.75, 3.05) is 13.2 Å². The molecule has 1 heterocycles. The van der Waals surface area contributed by atoms with Crippen LogP contribution in [-0.4, -0.2) is 19.5 Å². The summed E-state index contributed by atoms with van der Waals surface area (Å²) < 4.78 is 10.9. The molecule has 0 bridgehead atoms. The Morgan fingerprint density at radius 3 is 2.40 bits per heavy atom. The molecule has 0 radical (unpaired) electrons. The zero-order chi connectivity index (χ0) is 10.5. The lowest BCUT2D eigenvalue weighted by atomic mass is 9.83. The van der Waals surface area contributed by atoms with Gasteiger partial charge in [0.15, 0.2) is 6.29 Å². The third-order valence-corrected chi connectivity index (χ3v) is 3.57. The van der Waals surface area contributed by atoms with Gasteiger partial charge in [0, 0.05) is 6.42 Å².